The lowest BCUT2D eigenvalue weighted by Gasteiger charge is -2.34. The van der Waals surface area contributed by atoms with Crippen LogP contribution in [0, 0.1) is 26.4 Å². The molecule has 0 radical (unpaired) electrons. The minimum Gasteiger partial charge on any atom is -0.508 e. The molecule has 0 saturated carbocycles. The number of nitro groups is 1. The van der Waals surface area contributed by atoms with Crippen LogP contribution in [0.25, 0.3) is 0 Å². The van der Waals surface area contributed by atoms with E-state index in [9.17, 15) is 15.2 Å². The van der Waals surface area contributed by atoms with Crippen molar-refractivity contribution in [2.24, 2.45) is 16.2 Å². The van der Waals surface area contributed by atoms with E-state index < -0.39 is 6.04 Å². The van der Waals surface area contributed by atoms with E-state index in [0.29, 0.717) is 12.8 Å². The van der Waals surface area contributed by atoms with Crippen LogP contribution >= 0.6 is 0 Å². The highest BCUT2D eigenvalue weighted by Gasteiger charge is 2.32. The molecule has 1 aromatic carbocycles. The van der Waals surface area contributed by atoms with Gasteiger partial charge in [0.15, 0.2) is 0 Å². The molecule has 4 heteroatoms. The van der Waals surface area contributed by atoms with Gasteiger partial charge in [-0.15, -0.1) is 0 Å². The lowest BCUT2D eigenvalue weighted by Crippen LogP contribution is -2.28. The van der Waals surface area contributed by atoms with E-state index in [-0.39, 0.29) is 32.3 Å². The molecule has 0 amide bonds. The fraction of sp³-hybridized carbons (Fsp3) is 0.769. The molecule has 1 N–H and O–H groups in total. The van der Waals surface area contributed by atoms with E-state index in [2.05, 4.69) is 69.2 Å². The van der Waals surface area contributed by atoms with Gasteiger partial charge in [-0.1, -0.05) is 81.4 Å². The van der Waals surface area contributed by atoms with Gasteiger partial charge in [0.25, 0.3) is 0 Å². The Kier molecular flexibility index (Phi) is 8.18. The van der Waals surface area contributed by atoms with Crippen LogP contribution in [-0.2, 0) is 11.8 Å². The largest absolute Gasteiger partial charge is 0.508 e. The smallest absolute Gasteiger partial charge is 0.217 e. The Hall–Kier alpha value is -1.58. The second kappa shape index (κ2) is 9.28. The third-order valence-corrected chi connectivity index (χ3v) is 5.70. The average Bonchev–Trinajstić information content (AvgIpc) is 2.47. The highest BCUT2D eigenvalue weighted by atomic mass is 16.6. The fourth-order valence-corrected chi connectivity index (χ4v) is 5.31. The first-order valence-corrected chi connectivity index (χ1v) is 11.3. The molecule has 0 fully saturated rings. The van der Waals surface area contributed by atoms with Crippen molar-refractivity contribution in [3.8, 4) is 5.75 Å². The quantitative estimate of drug-likeness (QED) is 0.332. The molecule has 0 saturated heterocycles. The summed E-state index contributed by atoms with van der Waals surface area (Å²) in [6.07, 6.45) is 3.75. The first-order valence-electron chi connectivity index (χ1n) is 11.3. The molecule has 0 aliphatic heterocycles. The number of aromatic hydroxyl groups is 1. The second-order valence-corrected chi connectivity index (χ2v) is 13.1. The fourth-order valence-electron chi connectivity index (χ4n) is 5.31. The minimum absolute atomic E-state index is 0.0708. The van der Waals surface area contributed by atoms with Crippen LogP contribution in [0.1, 0.15) is 106 Å². The Morgan fingerprint density at radius 1 is 0.933 bits per heavy atom. The van der Waals surface area contributed by atoms with Gasteiger partial charge in [0.1, 0.15) is 5.75 Å². The Labute approximate surface area is 184 Å². The maximum Gasteiger partial charge on any atom is 0.217 e. The summed E-state index contributed by atoms with van der Waals surface area (Å²) < 4.78 is 0. The molecular formula is C26H45NO3. The molecule has 0 bridgehead atoms. The van der Waals surface area contributed by atoms with Crippen molar-refractivity contribution in [1.82, 2.24) is 0 Å². The summed E-state index contributed by atoms with van der Waals surface area (Å²) in [6, 6.07) is 4.92. The van der Waals surface area contributed by atoms with Crippen LogP contribution in [0.3, 0.4) is 0 Å². The minimum atomic E-state index is -0.604. The third kappa shape index (κ3) is 9.06. The monoisotopic (exact) mass is 419 g/mol. The van der Waals surface area contributed by atoms with E-state index >= 15 is 0 Å². The normalized spacial score (nSPS) is 14.6. The number of hydrogen-bond donors (Lipinski definition) is 1. The molecule has 0 aliphatic rings. The van der Waals surface area contributed by atoms with Crippen LogP contribution in [0.15, 0.2) is 18.2 Å². The number of phenolic OH excluding ortho intramolecular Hbond substituents is 1. The Morgan fingerprint density at radius 3 is 1.93 bits per heavy atom. The summed E-state index contributed by atoms with van der Waals surface area (Å²) in [5.74, 6) is 0.275. The first-order chi connectivity index (χ1) is 13.3. The molecule has 4 nitrogen and oxygen atoms in total. The van der Waals surface area contributed by atoms with Crippen molar-refractivity contribution in [2.75, 3.05) is 0 Å². The zero-order valence-electron chi connectivity index (χ0n) is 21.1. The molecule has 0 aromatic heterocycles. The summed E-state index contributed by atoms with van der Waals surface area (Å²) in [5.41, 5.74) is 2.00. The van der Waals surface area contributed by atoms with Crippen molar-refractivity contribution in [2.45, 2.75) is 113 Å². The predicted molar refractivity (Wildman–Crippen MR) is 127 cm³/mol. The first kappa shape index (κ1) is 26.5. The van der Waals surface area contributed by atoms with Crippen molar-refractivity contribution in [3.63, 3.8) is 0 Å². The van der Waals surface area contributed by atoms with Crippen LogP contribution in [0.4, 0.5) is 0 Å². The summed E-state index contributed by atoms with van der Waals surface area (Å²) >= 11 is 0. The molecular weight excluding hydrogens is 374 g/mol. The van der Waals surface area contributed by atoms with Gasteiger partial charge in [-0.25, -0.2) is 0 Å². The van der Waals surface area contributed by atoms with Crippen molar-refractivity contribution in [3.05, 3.63) is 39.4 Å². The average molecular weight is 420 g/mol. The molecule has 30 heavy (non-hydrogen) atoms. The van der Waals surface area contributed by atoms with E-state index in [0.717, 1.165) is 30.4 Å². The van der Waals surface area contributed by atoms with Crippen LogP contribution in [-0.4, -0.2) is 16.1 Å². The maximum atomic E-state index is 11.8. The lowest BCUT2D eigenvalue weighted by atomic mass is 9.71. The topological polar surface area (TPSA) is 63.4 Å². The van der Waals surface area contributed by atoms with Gasteiger partial charge >= 0.3 is 0 Å². The number of rotatable bonds is 9. The highest BCUT2D eigenvalue weighted by molar-refractivity contribution is 5.41. The molecule has 172 valence electrons. The molecule has 0 heterocycles. The zero-order valence-corrected chi connectivity index (χ0v) is 21.1. The maximum absolute atomic E-state index is 11.8. The predicted octanol–water partition coefficient (Wildman–Crippen LogP) is 7.54. The SMILES string of the molecule is CC(C)(C)CC(C)(C)CCC(Cc1ccc(O)c(C(C)(C)CC(C)(C)C)c1)[N+](=O)[O-]. The Balaban J connectivity index is 3.01. The van der Waals surface area contributed by atoms with Crippen LogP contribution in [0.5, 0.6) is 5.75 Å². The molecule has 1 rings (SSSR count). The number of phenols is 1. The molecule has 0 spiro atoms. The van der Waals surface area contributed by atoms with E-state index in [4.69, 9.17) is 0 Å². The standard InChI is InChI=1S/C26H45NO3/c1-23(2,3)17-25(7,8)14-13-20(27(29)30)15-19-11-12-22(28)21(16-19)26(9,10)18-24(4,5)6/h11-12,16,20,28H,13-15,17-18H2,1-10H3. The number of hydrogen-bond acceptors (Lipinski definition) is 3. The molecule has 1 unspecified atom stereocenters. The third-order valence-electron chi connectivity index (χ3n) is 5.70. The highest BCUT2D eigenvalue weighted by Crippen LogP contribution is 2.41. The Bertz CT molecular complexity index is 721. The zero-order chi connectivity index (χ0) is 23.5. The van der Waals surface area contributed by atoms with Gasteiger partial charge in [0.2, 0.25) is 6.04 Å². The van der Waals surface area contributed by atoms with Gasteiger partial charge in [0.05, 0.1) is 0 Å². The second-order valence-electron chi connectivity index (χ2n) is 13.1. The van der Waals surface area contributed by atoms with Crippen LogP contribution in [0.2, 0.25) is 0 Å². The van der Waals surface area contributed by atoms with Gasteiger partial charge in [0, 0.05) is 17.8 Å². The van der Waals surface area contributed by atoms with Crippen molar-refractivity contribution in [1.29, 1.82) is 0 Å². The summed E-state index contributed by atoms with van der Waals surface area (Å²) in [4.78, 5) is 11.7. The summed E-state index contributed by atoms with van der Waals surface area (Å²) in [6.45, 7) is 21.9. The van der Waals surface area contributed by atoms with Gasteiger partial charge < -0.3 is 5.11 Å². The lowest BCUT2D eigenvalue weighted by molar-refractivity contribution is -0.523. The molecule has 1 aromatic rings. The van der Waals surface area contributed by atoms with Crippen molar-refractivity contribution < 1.29 is 10.0 Å². The number of nitrogens with zero attached hydrogens (tertiary/aromatic N) is 1. The van der Waals surface area contributed by atoms with Crippen LogP contribution < -0.4 is 0 Å². The summed E-state index contributed by atoms with van der Waals surface area (Å²) in [5, 5.41) is 22.3. The van der Waals surface area contributed by atoms with E-state index in [1.54, 1.807) is 6.07 Å². The van der Waals surface area contributed by atoms with E-state index in [1.165, 1.54) is 0 Å². The van der Waals surface area contributed by atoms with Gasteiger partial charge in [-0.2, -0.15) is 0 Å². The van der Waals surface area contributed by atoms with E-state index in [1.807, 2.05) is 12.1 Å². The summed E-state index contributed by atoms with van der Waals surface area (Å²) in [7, 11) is 0. The Morgan fingerprint density at radius 2 is 1.47 bits per heavy atom. The van der Waals surface area contributed by atoms with Gasteiger partial charge in [-0.05, 0) is 58.1 Å². The van der Waals surface area contributed by atoms with Crippen molar-refractivity contribution >= 4 is 0 Å². The molecule has 0 aliphatic carbocycles. The van der Waals surface area contributed by atoms with Gasteiger partial charge in [-0.3, -0.25) is 10.1 Å². The molecule has 1 atom stereocenters. The number of benzene rings is 1.